The minimum absolute atomic E-state index is 0.172. The lowest BCUT2D eigenvalue weighted by molar-refractivity contribution is 0.104. The van der Waals surface area contributed by atoms with Gasteiger partial charge in [0.1, 0.15) is 5.82 Å². The van der Waals surface area contributed by atoms with E-state index in [1.807, 2.05) is 0 Å². The molecule has 0 amide bonds. The van der Waals surface area contributed by atoms with Gasteiger partial charge in [-0.25, -0.2) is 4.39 Å². The topological polar surface area (TPSA) is 43.1 Å². The first-order valence-corrected chi connectivity index (χ1v) is 5.81. The predicted molar refractivity (Wildman–Crippen MR) is 67.4 cm³/mol. The van der Waals surface area contributed by atoms with Crippen LogP contribution in [-0.2, 0) is 0 Å². The third-order valence-corrected chi connectivity index (χ3v) is 3.58. The number of halogens is 2. The van der Waals surface area contributed by atoms with E-state index in [-0.39, 0.29) is 5.78 Å². The van der Waals surface area contributed by atoms with Gasteiger partial charge in [0, 0.05) is 21.3 Å². The summed E-state index contributed by atoms with van der Waals surface area (Å²) in [5.74, 6) is -0.578. The summed E-state index contributed by atoms with van der Waals surface area (Å²) >= 11 is 3.32. The van der Waals surface area contributed by atoms with Crippen LogP contribution in [0.3, 0.4) is 0 Å². The van der Waals surface area contributed by atoms with Crippen LogP contribution in [0.25, 0.3) is 11.1 Å². The molecule has 0 unspecified atom stereocenters. The Balaban J connectivity index is 2.35. The van der Waals surface area contributed by atoms with E-state index in [1.165, 1.54) is 12.1 Å². The Kier molecular flexibility index (Phi) is 2.10. The molecular formula is C13H7BrFNO. The van der Waals surface area contributed by atoms with Gasteiger partial charge in [0.25, 0.3) is 0 Å². The van der Waals surface area contributed by atoms with Gasteiger partial charge in [-0.3, -0.25) is 4.79 Å². The van der Waals surface area contributed by atoms with Gasteiger partial charge < -0.3 is 5.73 Å². The molecule has 2 nitrogen and oxygen atoms in total. The number of anilines is 1. The quantitative estimate of drug-likeness (QED) is 0.645. The second-order valence-corrected chi connectivity index (χ2v) is 4.79. The highest BCUT2D eigenvalue weighted by Crippen LogP contribution is 2.40. The van der Waals surface area contributed by atoms with Gasteiger partial charge >= 0.3 is 0 Å². The van der Waals surface area contributed by atoms with Gasteiger partial charge in [-0.2, -0.15) is 0 Å². The summed E-state index contributed by atoms with van der Waals surface area (Å²) in [4.78, 5) is 12.1. The molecule has 0 radical (unpaired) electrons. The molecule has 0 heterocycles. The van der Waals surface area contributed by atoms with E-state index >= 15 is 0 Å². The van der Waals surface area contributed by atoms with Crippen LogP contribution in [0.2, 0.25) is 0 Å². The summed E-state index contributed by atoms with van der Waals surface area (Å²) in [6.45, 7) is 0. The zero-order valence-electron chi connectivity index (χ0n) is 8.63. The average molecular weight is 292 g/mol. The molecule has 0 aromatic heterocycles. The molecule has 0 bridgehead atoms. The molecule has 84 valence electrons. The largest absolute Gasteiger partial charge is 0.398 e. The Labute approximate surface area is 105 Å². The summed E-state index contributed by atoms with van der Waals surface area (Å²) in [5, 5.41) is 0. The van der Waals surface area contributed by atoms with E-state index in [0.29, 0.717) is 16.8 Å². The van der Waals surface area contributed by atoms with Crippen molar-refractivity contribution in [2.24, 2.45) is 0 Å². The fraction of sp³-hybridized carbons (Fsp3) is 0. The molecule has 4 heteroatoms. The highest BCUT2D eigenvalue weighted by Gasteiger charge is 2.27. The van der Waals surface area contributed by atoms with Gasteiger partial charge in [-0.05, 0) is 51.3 Å². The lowest BCUT2D eigenvalue weighted by Crippen LogP contribution is -1.97. The maximum atomic E-state index is 13.1. The lowest BCUT2D eigenvalue weighted by atomic mass is 10.1. The fourth-order valence-corrected chi connectivity index (χ4v) is 2.43. The van der Waals surface area contributed by atoms with Gasteiger partial charge in [0.15, 0.2) is 5.78 Å². The van der Waals surface area contributed by atoms with Crippen LogP contribution in [0.15, 0.2) is 34.8 Å². The molecule has 0 aliphatic heterocycles. The molecule has 2 aromatic carbocycles. The van der Waals surface area contributed by atoms with Crippen molar-refractivity contribution in [3.63, 3.8) is 0 Å². The molecule has 17 heavy (non-hydrogen) atoms. The smallest absolute Gasteiger partial charge is 0.194 e. The number of carbonyl (C=O) groups is 1. The maximum Gasteiger partial charge on any atom is 0.194 e. The van der Waals surface area contributed by atoms with Crippen LogP contribution < -0.4 is 5.73 Å². The number of hydrogen-bond acceptors (Lipinski definition) is 2. The Bertz CT molecular complexity index is 667. The van der Waals surface area contributed by atoms with Crippen molar-refractivity contribution < 1.29 is 9.18 Å². The minimum Gasteiger partial charge on any atom is -0.398 e. The van der Waals surface area contributed by atoms with E-state index in [1.54, 1.807) is 18.2 Å². The van der Waals surface area contributed by atoms with Crippen molar-refractivity contribution in [3.8, 4) is 11.1 Å². The van der Waals surface area contributed by atoms with Crippen LogP contribution in [0.5, 0.6) is 0 Å². The van der Waals surface area contributed by atoms with Crippen LogP contribution >= 0.6 is 15.9 Å². The number of fused-ring (bicyclic) bond motifs is 3. The van der Waals surface area contributed by atoms with Crippen molar-refractivity contribution in [1.29, 1.82) is 0 Å². The van der Waals surface area contributed by atoms with E-state index in [9.17, 15) is 9.18 Å². The fourth-order valence-electron chi connectivity index (χ4n) is 2.08. The van der Waals surface area contributed by atoms with Gasteiger partial charge in [-0.15, -0.1) is 0 Å². The molecule has 0 fully saturated rings. The summed E-state index contributed by atoms with van der Waals surface area (Å²) < 4.78 is 13.9. The van der Waals surface area contributed by atoms with Crippen LogP contribution in [0, 0.1) is 5.82 Å². The lowest BCUT2D eigenvalue weighted by Gasteiger charge is -2.03. The summed E-state index contributed by atoms with van der Waals surface area (Å²) in [7, 11) is 0. The average Bonchev–Trinajstić information content (AvgIpc) is 2.54. The molecule has 2 aromatic rings. The number of nitrogens with two attached hydrogens (primary N) is 1. The highest BCUT2D eigenvalue weighted by molar-refractivity contribution is 9.10. The monoisotopic (exact) mass is 291 g/mol. The van der Waals surface area contributed by atoms with Gasteiger partial charge in [-0.1, -0.05) is 6.07 Å². The summed E-state index contributed by atoms with van der Waals surface area (Å²) in [5.41, 5.74) is 8.74. The number of benzene rings is 2. The predicted octanol–water partition coefficient (Wildman–Crippen LogP) is 3.38. The Morgan fingerprint density at radius 1 is 1.00 bits per heavy atom. The first kappa shape index (κ1) is 10.5. The highest BCUT2D eigenvalue weighted by atomic mass is 79.9. The molecule has 3 rings (SSSR count). The van der Waals surface area contributed by atoms with E-state index in [2.05, 4.69) is 15.9 Å². The Morgan fingerprint density at radius 3 is 2.47 bits per heavy atom. The molecule has 0 saturated heterocycles. The van der Waals surface area contributed by atoms with Crippen molar-refractivity contribution in [2.75, 3.05) is 5.73 Å². The first-order chi connectivity index (χ1) is 8.08. The zero-order valence-corrected chi connectivity index (χ0v) is 10.2. The van der Waals surface area contributed by atoms with Crippen LogP contribution in [-0.4, -0.2) is 5.78 Å². The first-order valence-electron chi connectivity index (χ1n) is 5.01. The second kappa shape index (κ2) is 3.40. The van der Waals surface area contributed by atoms with Crippen LogP contribution in [0.1, 0.15) is 15.9 Å². The van der Waals surface area contributed by atoms with Crippen molar-refractivity contribution in [1.82, 2.24) is 0 Å². The third-order valence-electron chi connectivity index (χ3n) is 2.90. The zero-order chi connectivity index (χ0) is 12.2. The molecule has 1 aliphatic carbocycles. The second-order valence-electron chi connectivity index (χ2n) is 3.94. The van der Waals surface area contributed by atoms with Crippen molar-refractivity contribution in [2.45, 2.75) is 0 Å². The number of ketones is 1. The summed E-state index contributed by atoms with van der Waals surface area (Å²) in [6.07, 6.45) is 0. The van der Waals surface area contributed by atoms with Gasteiger partial charge in [0.2, 0.25) is 0 Å². The van der Waals surface area contributed by atoms with E-state index < -0.39 is 5.82 Å². The van der Waals surface area contributed by atoms with Crippen molar-refractivity contribution in [3.05, 3.63) is 51.7 Å². The summed E-state index contributed by atoms with van der Waals surface area (Å²) in [6, 6.07) is 7.66. The Hall–Kier alpha value is -1.68. The molecule has 1 aliphatic rings. The molecule has 0 saturated carbocycles. The van der Waals surface area contributed by atoms with E-state index in [0.717, 1.165) is 15.6 Å². The minimum atomic E-state index is -0.406. The SMILES string of the molecule is Nc1cc2c(cc1Br)-c1ccc(F)cc1C2=O. The maximum absolute atomic E-state index is 13.1. The standard InChI is InChI=1S/C13H7BrFNO/c14-11-4-8-7-2-1-6(15)3-9(7)13(17)10(8)5-12(11)16/h1-5H,16H2. The number of rotatable bonds is 0. The number of nitrogen functional groups attached to an aromatic ring is 1. The van der Waals surface area contributed by atoms with Gasteiger partial charge in [0.05, 0.1) is 0 Å². The number of hydrogen-bond donors (Lipinski definition) is 1. The van der Waals surface area contributed by atoms with Crippen molar-refractivity contribution >= 4 is 27.4 Å². The molecular weight excluding hydrogens is 285 g/mol. The number of carbonyl (C=O) groups excluding carboxylic acids is 1. The molecule has 0 spiro atoms. The normalized spacial score (nSPS) is 12.5. The third kappa shape index (κ3) is 1.41. The molecule has 0 atom stereocenters. The van der Waals surface area contributed by atoms with E-state index in [4.69, 9.17) is 5.73 Å². The molecule has 2 N–H and O–H groups in total. The van der Waals surface area contributed by atoms with Crippen LogP contribution in [0.4, 0.5) is 10.1 Å². The Morgan fingerprint density at radius 2 is 1.71 bits per heavy atom.